The molecule has 5 heteroatoms. The summed E-state index contributed by atoms with van der Waals surface area (Å²) in [5, 5.41) is 7.72. The molecule has 0 aliphatic heterocycles. The third kappa shape index (κ3) is 3.17. The third-order valence-corrected chi connectivity index (χ3v) is 5.73. The van der Waals surface area contributed by atoms with Crippen molar-refractivity contribution in [1.82, 2.24) is 9.78 Å². The summed E-state index contributed by atoms with van der Waals surface area (Å²) in [4.78, 5) is 12.3. The molecule has 3 unspecified atom stereocenters. The summed E-state index contributed by atoms with van der Waals surface area (Å²) in [6.45, 7) is 5.80. The van der Waals surface area contributed by atoms with Crippen LogP contribution in [0.3, 0.4) is 0 Å². The van der Waals surface area contributed by atoms with Crippen molar-refractivity contribution in [3.63, 3.8) is 0 Å². The Labute approximate surface area is 134 Å². The van der Waals surface area contributed by atoms with Gasteiger partial charge < -0.3 is 5.32 Å². The van der Waals surface area contributed by atoms with E-state index in [0.29, 0.717) is 16.9 Å². The summed E-state index contributed by atoms with van der Waals surface area (Å²) in [5.41, 5.74) is 0.796. The smallest absolute Gasteiger partial charge is 0.283 e. The van der Waals surface area contributed by atoms with Crippen LogP contribution in [-0.2, 0) is 6.54 Å². The highest BCUT2D eigenvalue weighted by Gasteiger charge is 2.39. The predicted molar refractivity (Wildman–Crippen MR) is 88.5 cm³/mol. The Bertz CT molecular complexity index is 569. The molecule has 1 heterocycles. The van der Waals surface area contributed by atoms with E-state index in [-0.39, 0.29) is 5.56 Å². The molecular formula is C16H24BrN3O. The fourth-order valence-electron chi connectivity index (χ4n) is 3.93. The van der Waals surface area contributed by atoms with Gasteiger partial charge in [0.15, 0.2) is 0 Å². The highest BCUT2D eigenvalue weighted by atomic mass is 79.9. The minimum atomic E-state index is -0.0401. The Balaban J connectivity index is 1.66. The lowest BCUT2D eigenvalue weighted by atomic mass is 9.89. The van der Waals surface area contributed by atoms with Gasteiger partial charge in [-0.3, -0.25) is 4.79 Å². The van der Waals surface area contributed by atoms with Gasteiger partial charge in [-0.15, -0.1) is 0 Å². The molecule has 1 aromatic rings. The van der Waals surface area contributed by atoms with Gasteiger partial charge in [0.2, 0.25) is 0 Å². The van der Waals surface area contributed by atoms with Crippen molar-refractivity contribution in [2.75, 3.05) is 11.9 Å². The highest BCUT2D eigenvalue weighted by Crippen LogP contribution is 2.48. The quantitative estimate of drug-likeness (QED) is 0.880. The minimum absolute atomic E-state index is 0.0401. The molecule has 21 heavy (non-hydrogen) atoms. The van der Waals surface area contributed by atoms with Gasteiger partial charge in [-0.25, -0.2) is 4.68 Å². The first-order valence-electron chi connectivity index (χ1n) is 8.04. The zero-order chi connectivity index (χ0) is 15.0. The number of nitrogens with zero attached hydrogens (tertiary/aromatic N) is 2. The molecule has 4 nitrogen and oxygen atoms in total. The van der Waals surface area contributed by atoms with E-state index >= 15 is 0 Å². The van der Waals surface area contributed by atoms with Crippen molar-refractivity contribution in [1.29, 1.82) is 0 Å². The Morgan fingerprint density at radius 2 is 2.24 bits per heavy atom. The van der Waals surface area contributed by atoms with E-state index in [2.05, 4.69) is 40.2 Å². The van der Waals surface area contributed by atoms with Crippen molar-refractivity contribution in [2.45, 2.75) is 46.1 Å². The number of aromatic nitrogens is 2. The van der Waals surface area contributed by atoms with E-state index in [0.717, 1.165) is 30.0 Å². The lowest BCUT2D eigenvalue weighted by molar-refractivity contribution is 0.348. The van der Waals surface area contributed by atoms with Crippen LogP contribution in [0.1, 0.15) is 39.5 Å². The monoisotopic (exact) mass is 353 g/mol. The zero-order valence-corrected chi connectivity index (χ0v) is 14.4. The van der Waals surface area contributed by atoms with E-state index in [9.17, 15) is 4.79 Å². The molecule has 116 valence electrons. The molecule has 0 saturated heterocycles. The van der Waals surface area contributed by atoms with Crippen LogP contribution in [0.5, 0.6) is 0 Å². The Kier molecular flexibility index (Phi) is 4.38. The van der Waals surface area contributed by atoms with Gasteiger partial charge >= 0.3 is 0 Å². The summed E-state index contributed by atoms with van der Waals surface area (Å²) < 4.78 is 2.15. The fraction of sp³-hybridized carbons (Fsp3) is 0.750. The van der Waals surface area contributed by atoms with Crippen LogP contribution in [0.25, 0.3) is 0 Å². The first-order chi connectivity index (χ1) is 10.0. The van der Waals surface area contributed by atoms with E-state index in [1.165, 1.54) is 30.4 Å². The Morgan fingerprint density at radius 3 is 2.86 bits per heavy atom. The van der Waals surface area contributed by atoms with E-state index < -0.39 is 0 Å². The van der Waals surface area contributed by atoms with E-state index in [1.54, 1.807) is 6.20 Å². The molecule has 3 rings (SSSR count). The molecule has 1 aromatic heterocycles. The largest absolute Gasteiger partial charge is 0.382 e. The minimum Gasteiger partial charge on any atom is -0.382 e. The van der Waals surface area contributed by atoms with Gasteiger partial charge in [0.25, 0.3) is 5.56 Å². The summed E-state index contributed by atoms with van der Waals surface area (Å²) in [6.07, 6.45) is 7.38. The van der Waals surface area contributed by atoms with Crippen molar-refractivity contribution < 1.29 is 0 Å². The topological polar surface area (TPSA) is 46.9 Å². The second-order valence-corrected chi connectivity index (χ2v) is 7.86. The molecule has 2 aliphatic carbocycles. The maximum atomic E-state index is 12.3. The van der Waals surface area contributed by atoms with E-state index in [1.807, 2.05) is 0 Å². The molecule has 0 spiro atoms. The maximum Gasteiger partial charge on any atom is 0.283 e. The van der Waals surface area contributed by atoms with Gasteiger partial charge in [0.05, 0.1) is 11.9 Å². The molecule has 2 aliphatic rings. The lowest BCUT2D eigenvalue weighted by Gasteiger charge is -2.22. The van der Waals surface area contributed by atoms with Gasteiger partial charge in [0, 0.05) is 13.1 Å². The maximum absolute atomic E-state index is 12.3. The first kappa shape index (κ1) is 15.1. The molecule has 0 aromatic carbocycles. The normalized spacial score (nSPS) is 27.5. The van der Waals surface area contributed by atoms with Crippen LogP contribution in [-0.4, -0.2) is 16.3 Å². The number of rotatable bonds is 5. The van der Waals surface area contributed by atoms with Crippen molar-refractivity contribution >= 4 is 21.6 Å². The van der Waals surface area contributed by atoms with Crippen LogP contribution >= 0.6 is 15.9 Å². The summed E-state index contributed by atoms with van der Waals surface area (Å²) in [6, 6.07) is 0. The standard InChI is InChI=1S/C16H24BrN3O/c1-10(2)9-20-16(21)15(17)14(8-19-20)18-7-13-6-11-3-4-12(13)5-11/h8,10-13,18H,3-7,9H2,1-2H3. The molecule has 1 N–H and O–H groups in total. The molecule has 2 bridgehead atoms. The second-order valence-electron chi connectivity index (χ2n) is 7.07. The van der Waals surface area contributed by atoms with E-state index in [4.69, 9.17) is 0 Å². The molecule has 2 fully saturated rings. The highest BCUT2D eigenvalue weighted by molar-refractivity contribution is 9.10. The van der Waals surface area contributed by atoms with Gasteiger partial charge in [-0.2, -0.15) is 5.10 Å². The van der Waals surface area contributed by atoms with Gasteiger partial charge in [0.1, 0.15) is 4.47 Å². The summed E-state index contributed by atoms with van der Waals surface area (Å²) >= 11 is 3.44. The lowest BCUT2D eigenvalue weighted by Crippen LogP contribution is -2.27. The van der Waals surface area contributed by atoms with Gasteiger partial charge in [-0.1, -0.05) is 20.3 Å². The predicted octanol–water partition coefficient (Wildman–Crippen LogP) is 3.51. The Morgan fingerprint density at radius 1 is 1.43 bits per heavy atom. The fourth-order valence-corrected chi connectivity index (χ4v) is 4.38. The molecular weight excluding hydrogens is 330 g/mol. The van der Waals surface area contributed by atoms with Crippen molar-refractivity contribution in [3.8, 4) is 0 Å². The molecule has 0 radical (unpaired) electrons. The summed E-state index contributed by atoms with van der Waals surface area (Å²) in [7, 11) is 0. The van der Waals surface area contributed by atoms with Crippen LogP contribution < -0.4 is 10.9 Å². The number of anilines is 1. The van der Waals surface area contributed by atoms with Crippen LogP contribution in [0.4, 0.5) is 5.69 Å². The SMILES string of the molecule is CC(C)Cn1ncc(NCC2CC3CCC2C3)c(Br)c1=O. The Hall–Kier alpha value is -0.840. The van der Waals surface area contributed by atoms with Gasteiger partial charge in [-0.05, 0) is 58.9 Å². The molecule has 3 atom stereocenters. The van der Waals surface area contributed by atoms with Crippen LogP contribution in [0, 0.1) is 23.7 Å². The average Bonchev–Trinajstić information content (AvgIpc) is 3.05. The third-order valence-electron chi connectivity index (χ3n) is 4.96. The number of fused-ring (bicyclic) bond motifs is 2. The average molecular weight is 354 g/mol. The number of halogens is 1. The number of hydrogen-bond donors (Lipinski definition) is 1. The summed E-state index contributed by atoms with van der Waals surface area (Å²) in [5.74, 6) is 3.04. The van der Waals surface area contributed by atoms with Crippen LogP contribution in [0.15, 0.2) is 15.5 Å². The number of hydrogen-bond acceptors (Lipinski definition) is 3. The van der Waals surface area contributed by atoms with Crippen molar-refractivity contribution in [2.24, 2.45) is 23.7 Å². The first-order valence-corrected chi connectivity index (χ1v) is 8.83. The number of nitrogens with one attached hydrogen (secondary N) is 1. The van der Waals surface area contributed by atoms with Crippen molar-refractivity contribution in [3.05, 3.63) is 21.0 Å². The van der Waals surface area contributed by atoms with Crippen LogP contribution in [0.2, 0.25) is 0 Å². The second kappa shape index (κ2) is 6.11. The zero-order valence-electron chi connectivity index (χ0n) is 12.8. The molecule has 0 amide bonds. The molecule has 2 saturated carbocycles.